The van der Waals surface area contributed by atoms with Gasteiger partial charge in [0.05, 0.1) is 31.4 Å². The second-order valence-electron chi connectivity index (χ2n) is 9.15. The molecule has 0 fully saturated rings. The molecule has 0 radical (unpaired) electrons. The number of carbonyl (C=O) groups excluding carboxylic acids is 3. The molecule has 1 atom stereocenters. The van der Waals surface area contributed by atoms with Crippen molar-refractivity contribution in [2.45, 2.75) is 25.2 Å². The molecule has 4 aromatic rings. The number of aromatic nitrogens is 3. The number of hydrogen-bond acceptors (Lipinski definition) is 8. The number of benzene rings is 2. The zero-order chi connectivity index (χ0) is 30.4. The monoisotopic (exact) mass is 584 g/mol. The number of nitrogen functional groups attached to an aromatic ring is 1. The molecule has 0 aliphatic rings. The van der Waals surface area contributed by atoms with Gasteiger partial charge in [0.25, 0.3) is 11.8 Å². The summed E-state index contributed by atoms with van der Waals surface area (Å²) in [6.07, 6.45) is 1.41. The first kappa shape index (κ1) is 29.6. The van der Waals surface area contributed by atoms with Crippen molar-refractivity contribution in [3.63, 3.8) is 0 Å². The summed E-state index contributed by atoms with van der Waals surface area (Å²) in [7, 11) is -1.62. The van der Waals surface area contributed by atoms with Gasteiger partial charge < -0.3 is 15.8 Å². The lowest BCUT2D eigenvalue weighted by atomic mass is 10.1. The van der Waals surface area contributed by atoms with Crippen molar-refractivity contribution in [1.29, 1.82) is 0 Å². The minimum atomic E-state index is -3.31. The lowest BCUT2D eigenvalue weighted by Crippen LogP contribution is -2.30. The number of anilines is 2. The van der Waals surface area contributed by atoms with Crippen molar-refractivity contribution in [2.75, 3.05) is 11.1 Å². The van der Waals surface area contributed by atoms with Crippen LogP contribution in [-0.2, 0) is 21.5 Å². The van der Waals surface area contributed by atoms with Crippen LogP contribution in [0.25, 0.3) is 0 Å². The SMILES string of the molecule is C=S(=O)(NC(=O)c1cnc(N)c(C#Cc2cccc(NC(=O)c3cc(C)nn3C)c2)c1)c1cccc(OC(=O)CC)c1. The summed E-state index contributed by atoms with van der Waals surface area (Å²) in [6, 6.07) is 16.0. The van der Waals surface area contributed by atoms with Crippen LogP contribution in [0.15, 0.2) is 71.8 Å². The van der Waals surface area contributed by atoms with Crippen LogP contribution in [0.1, 0.15) is 51.0 Å². The number of nitrogens with one attached hydrogen (secondary N) is 2. The highest BCUT2D eigenvalue weighted by molar-refractivity contribution is 7.99. The summed E-state index contributed by atoms with van der Waals surface area (Å²) in [6.45, 7) is 3.45. The molecule has 2 aromatic heterocycles. The van der Waals surface area contributed by atoms with E-state index < -0.39 is 21.6 Å². The molecule has 0 aliphatic carbocycles. The fourth-order valence-corrected chi connectivity index (χ4v) is 4.89. The van der Waals surface area contributed by atoms with Gasteiger partial charge in [0, 0.05) is 30.9 Å². The van der Waals surface area contributed by atoms with E-state index in [2.05, 4.69) is 37.8 Å². The van der Waals surface area contributed by atoms with Crippen LogP contribution in [0, 0.1) is 18.8 Å². The molecule has 2 aromatic carbocycles. The molecule has 2 amide bonds. The minimum absolute atomic E-state index is 0.0610. The first-order chi connectivity index (χ1) is 19.9. The number of hydrogen-bond donors (Lipinski definition) is 3. The Hall–Kier alpha value is -5.41. The molecule has 4 rings (SSSR count). The van der Waals surface area contributed by atoms with E-state index in [4.69, 9.17) is 10.5 Å². The fraction of sp³-hybridized carbons (Fsp3) is 0.133. The molecule has 1 unspecified atom stereocenters. The maximum absolute atomic E-state index is 13.3. The Morgan fingerprint density at radius 3 is 2.55 bits per heavy atom. The normalized spacial score (nSPS) is 11.9. The molecule has 0 spiro atoms. The van der Waals surface area contributed by atoms with Crippen molar-refractivity contribution in [1.82, 2.24) is 19.5 Å². The van der Waals surface area contributed by atoms with Gasteiger partial charge in [-0.15, -0.1) is 0 Å². The molecule has 4 N–H and O–H groups in total. The summed E-state index contributed by atoms with van der Waals surface area (Å²) < 4.78 is 22.3. The van der Waals surface area contributed by atoms with Gasteiger partial charge in [0.15, 0.2) is 0 Å². The number of pyridine rings is 1. The third-order valence-corrected chi connectivity index (χ3v) is 7.37. The van der Waals surface area contributed by atoms with Gasteiger partial charge in [-0.2, -0.15) is 5.10 Å². The predicted octanol–water partition coefficient (Wildman–Crippen LogP) is 3.09. The largest absolute Gasteiger partial charge is 0.426 e. The van der Waals surface area contributed by atoms with Crippen LogP contribution in [0.3, 0.4) is 0 Å². The zero-order valence-electron chi connectivity index (χ0n) is 23.1. The Morgan fingerprint density at radius 1 is 1.07 bits per heavy atom. The number of ether oxygens (including phenoxy) is 1. The van der Waals surface area contributed by atoms with Gasteiger partial charge in [-0.25, -0.2) is 9.19 Å². The number of esters is 1. The van der Waals surface area contributed by atoms with E-state index in [-0.39, 0.29) is 39.9 Å². The van der Waals surface area contributed by atoms with Crippen molar-refractivity contribution in [3.05, 3.63) is 94.9 Å². The quantitative estimate of drug-likeness (QED) is 0.129. The van der Waals surface area contributed by atoms with Gasteiger partial charge in [0.1, 0.15) is 17.3 Å². The van der Waals surface area contributed by atoms with E-state index in [1.807, 2.05) is 0 Å². The highest BCUT2D eigenvalue weighted by Crippen LogP contribution is 2.19. The Morgan fingerprint density at radius 2 is 1.83 bits per heavy atom. The summed E-state index contributed by atoms with van der Waals surface area (Å²) in [4.78, 5) is 41.4. The Labute approximate surface area is 243 Å². The van der Waals surface area contributed by atoms with Crippen molar-refractivity contribution in [2.24, 2.45) is 7.05 Å². The van der Waals surface area contributed by atoms with Crippen LogP contribution in [0.5, 0.6) is 5.75 Å². The minimum Gasteiger partial charge on any atom is -0.426 e. The first-order valence-electron chi connectivity index (χ1n) is 12.6. The summed E-state index contributed by atoms with van der Waals surface area (Å²) >= 11 is 0. The molecule has 0 saturated carbocycles. The maximum atomic E-state index is 13.3. The number of aryl methyl sites for hydroxylation is 2. The number of nitrogens with two attached hydrogens (primary N) is 1. The van der Waals surface area contributed by atoms with Crippen LogP contribution < -0.4 is 20.5 Å². The van der Waals surface area contributed by atoms with Gasteiger partial charge in [0.2, 0.25) is 0 Å². The number of nitrogens with zero attached hydrogens (tertiary/aromatic N) is 3. The summed E-state index contributed by atoms with van der Waals surface area (Å²) in [5.74, 6) is 8.32. The van der Waals surface area contributed by atoms with Crippen LogP contribution in [0.2, 0.25) is 0 Å². The van der Waals surface area contributed by atoms with Crippen LogP contribution in [-0.4, -0.2) is 42.6 Å². The smallest absolute Gasteiger partial charge is 0.310 e. The summed E-state index contributed by atoms with van der Waals surface area (Å²) in [5.41, 5.74) is 8.58. The highest BCUT2D eigenvalue weighted by Gasteiger charge is 2.17. The zero-order valence-corrected chi connectivity index (χ0v) is 24.0. The third-order valence-electron chi connectivity index (χ3n) is 5.84. The molecule has 2 heterocycles. The lowest BCUT2D eigenvalue weighted by molar-refractivity contribution is -0.134. The van der Waals surface area contributed by atoms with Crippen molar-refractivity contribution in [3.8, 4) is 17.6 Å². The second-order valence-corrected chi connectivity index (χ2v) is 11.2. The molecule has 0 bridgehead atoms. The standard InChI is InChI=1S/C30H28N6O5S/c1-5-27(37)41-24-10-7-11-25(17-24)42(4,40)35-29(38)22-16-21(28(31)32-18-22)13-12-20-8-6-9-23(15-20)33-30(39)26-14-19(2)34-36(26)3/h6-11,14-18H,4-5H2,1-3H3,(H2,31,32)(H,33,39)(H,35,38,40). The van der Waals surface area contributed by atoms with E-state index in [1.165, 1.54) is 35.1 Å². The molecule has 12 heteroatoms. The lowest BCUT2D eigenvalue weighted by Gasteiger charge is -2.13. The van der Waals surface area contributed by atoms with Crippen LogP contribution >= 0.6 is 0 Å². The molecule has 0 saturated heterocycles. The Kier molecular flexibility index (Phi) is 8.73. The Balaban J connectivity index is 1.50. The number of rotatable bonds is 7. The summed E-state index contributed by atoms with van der Waals surface area (Å²) in [5, 5.41) is 7.01. The van der Waals surface area contributed by atoms with E-state index in [1.54, 1.807) is 57.3 Å². The van der Waals surface area contributed by atoms with Crippen molar-refractivity contribution < 1.29 is 23.3 Å². The van der Waals surface area contributed by atoms with Crippen molar-refractivity contribution >= 4 is 44.9 Å². The maximum Gasteiger partial charge on any atom is 0.310 e. The average Bonchev–Trinajstić information content (AvgIpc) is 3.30. The fourth-order valence-electron chi connectivity index (χ4n) is 3.75. The number of carbonyl (C=O) groups is 3. The van der Waals surface area contributed by atoms with Gasteiger partial charge in [-0.1, -0.05) is 30.9 Å². The van der Waals surface area contributed by atoms with E-state index in [0.29, 0.717) is 16.9 Å². The molecule has 0 aliphatic heterocycles. The predicted molar refractivity (Wildman–Crippen MR) is 160 cm³/mol. The third kappa shape index (κ3) is 7.21. The van der Waals surface area contributed by atoms with E-state index >= 15 is 0 Å². The second kappa shape index (κ2) is 12.4. The average molecular weight is 585 g/mol. The molecule has 42 heavy (non-hydrogen) atoms. The molecular weight excluding hydrogens is 556 g/mol. The highest BCUT2D eigenvalue weighted by atomic mass is 32.2. The number of amides is 2. The molecular formula is C30H28N6O5S. The van der Waals surface area contributed by atoms with Gasteiger partial charge >= 0.3 is 5.97 Å². The van der Waals surface area contributed by atoms with E-state index in [0.717, 1.165) is 5.69 Å². The molecule has 214 valence electrons. The molecule has 11 nitrogen and oxygen atoms in total. The van der Waals surface area contributed by atoms with E-state index in [9.17, 15) is 18.6 Å². The van der Waals surface area contributed by atoms with Gasteiger partial charge in [-0.3, -0.25) is 23.8 Å². The van der Waals surface area contributed by atoms with Gasteiger partial charge in [-0.05, 0) is 61.3 Å². The Bertz CT molecular complexity index is 1870. The first-order valence-corrected chi connectivity index (χ1v) is 14.4. The topological polar surface area (TPSA) is 158 Å². The van der Waals surface area contributed by atoms with Crippen LogP contribution in [0.4, 0.5) is 11.5 Å².